The smallest absolute Gasteiger partial charge is 0.236 e. The number of hydrogen-bond acceptors (Lipinski definition) is 3. The number of amides is 1. The lowest BCUT2D eigenvalue weighted by Crippen LogP contribution is -2.56. The van der Waals surface area contributed by atoms with Crippen LogP contribution < -0.4 is 5.32 Å². The Bertz CT molecular complexity index is 244. The first kappa shape index (κ1) is 10.9. The van der Waals surface area contributed by atoms with Crippen molar-refractivity contribution in [2.24, 2.45) is 0 Å². The Kier molecular flexibility index (Phi) is 3.26. The molecule has 0 aromatic rings. The van der Waals surface area contributed by atoms with Gasteiger partial charge >= 0.3 is 0 Å². The molecule has 1 N–H and O–H groups in total. The number of carbonyl (C=O) groups is 1. The summed E-state index contributed by atoms with van der Waals surface area (Å²) in [6.45, 7) is 5.73. The van der Waals surface area contributed by atoms with Gasteiger partial charge in [-0.1, -0.05) is 0 Å². The average Bonchev–Trinajstić information content (AvgIpc) is 2.23. The number of likely N-dealkylation sites (tertiary alicyclic amines) is 1. The van der Waals surface area contributed by atoms with Crippen molar-refractivity contribution in [1.29, 1.82) is 0 Å². The van der Waals surface area contributed by atoms with Gasteiger partial charge in [-0.25, -0.2) is 0 Å². The van der Waals surface area contributed by atoms with Crippen molar-refractivity contribution in [3.05, 3.63) is 0 Å². The fourth-order valence-electron chi connectivity index (χ4n) is 2.55. The summed E-state index contributed by atoms with van der Waals surface area (Å²) in [4.78, 5) is 16.2. The number of piperazine rings is 1. The van der Waals surface area contributed by atoms with E-state index >= 15 is 0 Å². The van der Waals surface area contributed by atoms with E-state index in [1.54, 1.807) is 0 Å². The van der Waals surface area contributed by atoms with Crippen LogP contribution in [0.3, 0.4) is 0 Å². The minimum Gasteiger partial charge on any atom is -0.337 e. The lowest BCUT2D eigenvalue weighted by molar-refractivity contribution is -0.135. The number of carbonyl (C=O) groups excluding carboxylic acids is 1. The molecule has 0 radical (unpaired) electrons. The third-order valence-corrected chi connectivity index (χ3v) is 3.75. The molecule has 15 heavy (non-hydrogen) atoms. The van der Waals surface area contributed by atoms with Gasteiger partial charge in [-0.3, -0.25) is 4.79 Å². The van der Waals surface area contributed by atoms with Gasteiger partial charge in [-0.05, 0) is 26.8 Å². The van der Waals surface area contributed by atoms with Crippen molar-refractivity contribution in [3.8, 4) is 0 Å². The zero-order chi connectivity index (χ0) is 10.8. The molecule has 0 aromatic carbocycles. The van der Waals surface area contributed by atoms with E-state index in [1.807, 2.05) is 0 Å². The van der Waals surface area contributed by atoms with E-state index in [9.17, 15) is 4.79 Å². The summed E-state index contributed by atoms with van der Waals surface area (Å²) in [6.07, 6.45) is 2.26. The second-order valence-corrected chi connectivity index (χ2v) is 4.77. The van der Waals surface area contributed by atoms with Gasteiger partial charge in [0.15, 0.2) is 0 Å². The maximum Gasteiger partial charge on any atom is 0.236 e. The van der Waals surface area contributed by atoms with Crippen LogP contribution in [0.25, 0.3) is 0 Å². The molecule has 2 atom stereocenters. The first-order valence-corrected chi connectivity index (χ1v) is 5.89. The Labute approximate surface area is 91.6 Å². The van der Waals surface area contributed by atoms with E-state index in [2.05, 4.69) is 29.1 Å². The molecule has 2 fully saturated rings. The molecule has 2 saturated heterocycles. The van der Waals surface area contributed by atoms with E-state index in [0.29, 0.717) is 18.6 Å². The first-order chi connectivity index (χ1) is 7.18. The van der Waals surface area contributed by atoms with Crippen molar-refractivity contribution < 1.29 is 4.79 Å². The van der Waals surface area contributed by atoms with E-state index in [-0.39, 0.29) is 5.91 Å². The molecule has 2 heterocycles. The molecule has 86 valence electrons. The van der Waals surface area contributed by atoms with Crippen LogP contribution in [0.1, 0.15) is 19.8 Å². The van der Waals surface area contributed by atoms with Crippen LogP contribution in [-0.4, -0.2) is 61.0 Å². The van der Waals surface area contributed by atoms with Gasteiger partial charge in [0.25, 0.3) is 0 Å². The number of nitrogens with one attached hydrogen (secondary N) is 1. The summed E-state index contributed by atoms with van der Waals surface area (Å²) in [5.74, 6) is 0.281. The molecular formula is C11H21N3O. The summed E-state index contributed by atoms with van der Waals surface area (Å²) >= 11 is 0. The molecule has 4 nitrogen and oxygen atoms in total. The SMILES string of the molecule is CC1CC(N2CCNCC2=O)CCN1C. The van der Waals surface area contributed by atoms with Gasteiger partial charge in [0.1, 0.15) is 0 Å². The Morgan fingerprint density at radius 3 is 2.87 bits per heavy atom. The number of hydrogen-bond donors (Lipinski definition) is 1. The largest absolute Gasteiger partial charge is 0.337 e. The minimum absolute atomic E-state index is 0.281. The van der Waals surface area contributed by atoms with Gasteiger partial charge in [-0.15, -0.1) is 0 Å². The molecule has 2 unspecified atom stereocenters. The zero-order valence-corrected chi connectivity index (χ0v) is 9.70. The van der Waals surface area contributed by atoms with Gasteiger partial charge in [0.05, 0.1) is 6.54 Å². The van der Waals surface area contributed by atoms with Crippen LogP contribution in [0.15, 0.2) is 0 Å². The third-order valence-electron chi connectivity index (χ3n) is 3.75. The number of rotatable bonds is 1. The lowest BCUT2D eigenvalue weighted by atomic mass is 9.97. The summed E-state index contributed by atoms with van der Waals surface area (Å²) < 4.78 is 0. The second kappa shape index (κ2) is 4.49. The Morgan fingerprint density at radius 2 is 2.20 bits per heavy atom. The topological polar surface area (TPSA) is 35.6 Å². The maximum atomic E-state index is 11.7. The van der Waals surface area contributed by atoms with Crippen LogP contribution >= 0.6 is 0 Å². The third kappa shape index (κ3) is 2.32. The summed E-state index contributed by atoms with van der Waals surface area (Å²) in [6, 6.07) is 1.08. The molecule has 0 bridgehead atoms. The molecule has 0 aliphatic carbocycles. The fraction of sp³-hybridized carbons (Fsp3) is 0.909. The Hall–Kier alpha value is -0.610. The van der Waals surface area contributed by atoms with Crippen molar-refractivity contribution in [3.63, 3.8) is 0 Å². The van der Waals surface area contributed by atoms with E-state index in [0.717, 1.165) is 32.5 Å². The minimum atomic E-state index is 0.281. The molecule has 0 aromatic heterocycles. The number of piperidine rings is 1. The van der Waals surface area contributed by atoms with E-state index in [1.165, 1.54) is 0 Å². The van der Waals surface area contributed by atoms with E-state index in [4.69, 9.17) is 0 Å². The van der Waals surface area contributed by atoms with Crippen molar-refractivity contribution >= 4 is 5.91 Å². The predicted molar refractivity (Wildman–Crippen MR) is 59.7 cm³/mol. The molecule has 2 rings (SSSR count). The van der Waals surface area contributed by atoms with Crippen molar-refractivity contribution in [2.45, 2.75) is 31.8 Å². The van der Waals surface area contributed by atoms with Crippen LogP contribution in [0, 0.1) is 0 Å². The Morgan fingerprint density at radius 1 is 1.40 bits per heavy atom. The van der Waals surface area contributed by atoms with E-state index < -0.39 is 0 Å². The van der Waals surface area contributed by atoms with Gasteiger partial charge in [0, 0.05) is 31.7 Å². The highest BCUT2D eigenvalue weighted by molar-refractivity contribution is 5.79. The molecule has 0 saturated carbocycles. The molecule has 2 aliphatic heterocycles. The molecule has 0 spiro atoms. The van der Waals surface area contributed by atoms with Crippen LogP contribution in [0.5, 0.6) is 0 Å². The molecular weight excluding hydrogens is 190 g/mol. The molecule has 4 heteroatoms. The highest BCUT2D eigenvalue weighted by Crippen LogP contribution is 2.21. The van der Waals surface area contributed by atoms with Crippen LogP contribution in [0.4, 0.5) is 0 Å². The monoisotopic (exact) mass is 211 g/mol. The zero-order valence-electron chi connectivity index (χ0n) is 9.70. The van der Waals surface area contributed by atoms with Gasteiger partial charge < -0.3 is 15.1 Å². The quantitative estimate of drug-likeness (QED) is 0.658. The standard InChI is InChI=1S/C11H21N3O/c1-9-7-10(3-5-13(9)2)14-6-4-12-8-11(14)15/h9-10,12H,3-8H2,1-2H3. The second-order valence-electron chi connectivity index (χ2n) is 4.77. The number of nitrogens with zero attached hydrogens (tertiary/aromatic N) is 2. The maximum absolute atomic E-state index is 11.7. The van der Waals surface area contributed by atoms with Gasteiger partial charge in [0.2, 0.25) is 5.91 Å². The van der Waals surface area contributed by atoms with Crippen LogP contribution in [0.2, 0.25) is 0 Å². The predicted octanol–water partition coefficient (Wildman–Crippen LogP) is -0.0991. The molecule has 1 amide bonds. The Balaban J connectivity index is 1.95. The highest BCUT2D eigenvalue weighted by atomic mass is 16.2. The van der Waals surface area contributed by atoms with Crippen LogP contribution in [-0.2, 0) is 4.79 Å². The fourth-order valence-corrected chi connectivity index (χ4v) is 2.55. The average molecular weight is 211 g/mol. The lowest BCUT2D eigenvalue weighted by Gasteiger charge is -2.42. The highest BCUT2D eigenvalue weighted by Gasteiger charge is 2.31. The van der Waals surface area contributed by atoms with Gasteiger partial charge in [-0.2, -0.15) is 0 Å². The summed E-state index contributed by atoms with van der Waals surface area (Å²) in [7, 11) is 2.17. The summed E-state index contributed by atoms with van der Waals surface area (Å²) in [5.41, 5.74) is 0. The normalized spacial score (nSPS) is 34.5. The molecule has 2 aliphatic rings. The first-order valence-electron chi connectivity index (χ1n) is 5.89. The van der Waals surface area contributed by atoms with Crippen molar-refractivity contribution in [1.82, 2.24) is 15.1 Å². The van der Waals surface area contributed by atoms with Crippen molar-refractivity contribution in [2.75, 3.05) is 33.2 Å². The summed E-state index contributed by atoms with van der Waals surface area (Å²) in [5, 5.41) is 3.12.